The Bertz CT molecular complexity index is 510. The summed E-state index contributed by atoms with van der Waals surface area (Å²) in [7, 11) is 0. The van der Waals surface area contributed by atoms with Gasteiger partial charge in [0.15, 0.2) is 0 Å². The maximum absolute atomic E-state index is 5.42. The molecule has 0 saturated carbocycles. The van der Waals surface area contributed by atoms with Crippen molar-refractivity contribution in [2.75, 3.05) is 19.7 Å². The highest BCUT2D eigenvalue weighted by molar-refractivity contribution is 5.22. The molecule has 0 radical (unpaired) electrons. The summed E-state index contributed by atoms with van der Waals surface area (Å²) in [6.07, 6.45) is 7.34. The Balaban J connectivity index is 1.67. The van der Waals surface area contributed by atoms with E-state index >= 15 is 0 Å². The molecule has 2 aliphatic rings. The molecule has 0 atom stereocenters. The van der Waals surface area contributed by atoms with E-state index in [2.05, 4.69) is 23.7 Å². The van der Waals surface area contributed by atoms with Crippen LogP contribution in [-0.4, -0.2) is 34.6 Å². The predicted molar refractivity (Wildman–Crippen MR) is 78.4 cm³/mol. The van der Waals surface area contributed by atoms with Gasteiger partial charge in [0.05, 0.1) is 12.9 Å². The molecule has 108 valence electrons. The average Bonchev–Trinajstić information content (AvgIpc) is 2.47. The van der Waals surface area contributed by atoms with Crippen LogP contribution < -0.4 is 0 Å². The molecular weight excluding hydrogens is 250 g/mol. The van der Waals surface area contributed by atoms with Crippen LogP contribution in [0.3, 0.4) is 0 Å². The molecule has 0 amide bonds. The quantitative estimate of drug-likeness (QED) is 0.848. The fourth-order valence-corrected chi connectivity index (χ4v) is 2.82. The van der Waals surface area contributed by atoms with E-state index < -0.39 is 0 Å². The minimum absolute atomic E-state index is 0.405. The van der Waals surface area contributed by atoms with Crippen molar-refractivity contribution in [3.8, 4) is 0 Å². The normalized spacial score (nSPS) is 19.4. The number of fused-ring (bicyclic) bond motifs is 1. The zero-order valence-electron chi connectivity index (χ0n) is 12.4. The first kappa shape index (κ1) is 13.6. The average molecular weight is 273 g/mol. The SMILES string of the molecule is CC(C)c1ncc2c(n1)CCN(CC1=COCCC1)C2. The Morgan fingerprint density at radius 1 is 1.35 bits per heavy atom. The van der Waals surface area contributed by atoms with Crippen LogP contribution in [0.25, 0.3) is 0 Å². The van der Waals surface area contributed by atoms with Crippen LogP contribution in [0.4, 0.5) is 0 Å². The van der Waals surface area contributed by atoms with Crippen molar-refractivity contribution < 1.29 is 4.74 Å². The van der Waals surface area contributed by atoms with Crippen LogP contribution >= 0.6 is 0 Å². The number of aromatic nitrogens is 2. The van der Waals surface area contributed by atoms with Crippen LogP contribution in [-0.2, 0) is 17.7 Å². The molecule has 0 aliphatic carbocycles. The maximum atomic E-state index is 5.42. The third-order valence-electron chi connectivity index (χ3n) is 3.98. The number of rotatable bonds is 3. The lowest BCUT2D eigenvalue weighted by Crippen LogP contribution is -2.33. The molecule has 2 aliphatic heterocycles. The molecule has 20 heavy (non-hydrogen) atoms. The summed E-state index contributed by atoms with van der Waals surface area (Å²) in [5.41, 5.74) is 3.95. The molecular formula is C16H23N3O. The van der Waals surface area contributed by atoms with Crippen LogP contribution in [0.2, 0.25) is 0 Å². The second-order valence-electron chi connectivity index (χ2n) is 6.07. The van der Waals surface area contributed by atoms with Gasteiger partial charge in [0.25, 0.3) is 0 Å². The lowest BCUT2D eigenvalue weighted by Gasteiger charge is -2.29. The minimum Gasteiger partial charge on any atom is -0.501 e. The molecule has 0 spiro atoms. The summed E-state index contributed by atoms with van der Waals surface area (Å²) in [6.45, 7) is 8.23. The van der Waals surface area contributed by atoms with E-state index in [1.54, 1.807) is 0 Å². The van der Waals surface area contributed by atoms with E-state index in [0.717, 1.165) is 44.9 Å². The largest absolute Gasteiger partial charge is 0.501 e. The van der Waals surface area contributed by atoms with E-state index in [1.807, 2.05) is 12.5 Å². The summed E-state index contributed by atoms with van der Waals surface area (Å²) in [5, 5.41) is 0. The van der Waals surface area contributed by atoms with Gasteiger partial charge < -0.3 is 4.74 Å². The number of hydrogen-bond donors (Lipinski definition) is 0. The summed E-state index contributed by atoms with van der Waals surface area (Å²) in [4.78, 5) is 11.7. The Kier molecular flexibility index (Phi) is 4.01. The topological polar surface area (TPSA) is 38.2 Å². The second kappa shape index (κ2) is 5.92. The third-order valence-corrected chi connectivity index (χ3v) is 3.98. The van der Waals surface area contributed by atoms with E-state index in [-0.39, 0.29) is 0 Å². The van der Waals surface area contributed by atoms with Gasteiger partial charge in [-0.15, -0.1) is 0 Å². The van der Waals surface area contributed by atoms with Crippen molar-refractivity contribution in [1.82, 2.24) is 14.9 Å². The van der Waals surface area contributed by atoms with Gasteiger partial charge in [0, 0.05) is 49.4 Å². The second-order valence-corrected chi connectivity index (χ2v) is 6.07. The molecule has 0 saturated heterocycles. The standard InChI is InChI=1S/C16H23N3O/c1-12(2)16-17-8-14-10-19(6-5-15(14)18-16)9-13-4-3-7-20-11-13/h8,11-12H,3-7,9-10H2,1-2H3. The molecule has 3 heterocycles. The van der Waals surface area contributed by atoms with Gasteiger partial charge in [0.1, 0.15) is 5.82 Å². The molecule has 0 bridgehead atoms. The van der Waals surface area contributed by atoms with Gasteiger partial charge in [-0.3, -0.25) is 4.90 Å². The van der Waals surface area contributed by atoms with E-state index in [4.69, 9.17) is 9.72 Å². The smallest absolute Gasteiger partial charge is 0.131 e. The van der Waals surface area contributed by atoms with E-state index in [1.165, 1.54) is 23.3 Å². The Morgan fingerprint density at radius 2 is 2.25 bits per heavy atom. The van der Waals surface area contributed by atoms with Gasteiger partial charge >= 0.3 is 0 Å². The van der Waals surface area contributed by atoms with Crippen LogP contribution in [0.1, 0.15) is 49.7 Å². The fraction of sp³-hybridized carbons (Fsp3) is 0.625. The lowest BCUT2D eigenvalue weighted by atomic mass is 10.0. The van der Waals surface area contributed by atoms with Crippen molar-refractivity contribution in [3.05, 3.63) is 35.1 Å². The zero-order chi connectivity index (χ0) is 13.9. The molecule has 0 N–H and O–H groups in total. The predicted octanol–water partition coefficient (Wildman–Crippen LogP) is 2.65. The molecule has 4 nitrogen and oxygen atoms in total. The fourth-order valence-electron chi connectivity index (χ4n) is 2.82. The van der Waals surface area contributed by atoms with Crippen LogP contribution in [0, 0.1) is 0 Å². The number of nitrogens with zero attached hydrogens (tertiary/aromatic N) is 3. The van der Waals surface area contributed by atoms with Crippen LogP contribution in [0.5, 0.6) is 0 Å². The van der Waals surface area contributed by atoms with Crippen molar-refractivity contribution in [2.24, 2.45) is 0 Å². The molecule has 0 fully saturated rings. The van der Waals surface area contributed by atoms with Crippen molar-refractivity contribution in [1.29, 1.82) is 0 Å². The van der Waals surface area contributed by atoms with E-state index in [0.29, 0.717) is 5.92 Å². The molecule has 0 unspecified atom stereocenters. The monoisotopic (exact) mass is 273 g/mol. The molecule has 0 aromatic carbocycles. The Labute approximate surface area is 120 Å². The molecule has 1 aromatic rings. The van der Waals surface area contributed by atoms with Gasteiger partial charge in [-0.2, -0.15) is 0 Å². The van der Waals surface area contributed by atoms with Crippen molar-refractivity contribution in [2.45, 2.75) is 45.6 Å². The third kappa shape index (κ3) is 3.01. The molecule has 1 aromatic heterocycles. The first-order valence-electron chi connectivity index (χ1n) is 7.59. The number of ether oxygens (including phenoxy) is 1. The maximum Gasteiger partial charge on any atom is 0.131 e. The highest BCUT2D eigenvalue weighted by Gasteiger charge is 2.20. The summed E-state index contributed by atoms with van der Waals surface area (Å²) in [5.74, 6) is 1.38. The number of hydrogen-bond acceptors (Lipinski definition) is 4. The molecule has 4 heteroatoms. The van der Waals surface area contributed by atoms with Gasteiger partial charge in [-0.25, -0.2) is 9.97 Å². The minimum atomic E-state index is 0.405. The Morgan fingerprint density at radius 3 is 3.00 bits per heavy atom. The lowest BCUT2D eigenvalue weighted by molar-refractivity contribution is 0.208. The van der Waals surface area contributed by atoms with Crippen molar-refractivity contribution >= 4 is 0 Å². The van der Waals surface area contributed by atoms with Crippen molar-refractivity contribution in [3.63, 3.8) is 0 Å². The first-order chi connectivity index (χ1) is 9.72. The van der Waals surface area contributed by atoms with Gasteiger partial charge in [-0.05, 0) is 18.4 Å². The van der Waals surface area contributed by atoms with Gasteiger partial charge in [0.2, 0.25) is 0 Å². The van der Waals surface area contributed by atoms with E-state index in [9.17, 15) is 0 Å². The molecule has 3 rings (SSSR count). The summed E-state index contributed by atoms with van der Waals surface area (Å²) in [6, 6.07) is 0. The first-order valence-corrected chi connectivity index (χ1v) is 7.59. The van der Waals surface area contributed by atoms with Gasteiger partial charge in [-0.1, -0.05) is 13.8 Å². The highest BCUT2D eigenvalue weighted by atomic mass is 16.5. The zero-order valence-corrected chi connectivity index (χ0v) is 12.4. The summed E-state index contributed by atoms with van der Waals surface area (Å²) >= 11 is 0. The summed E-state index contributed by atoms with van der Waals surface area (Å²) < 4.78 is 5.42. The Hall–Kier alpha value is -1.42. The van der Waals surface area contributed by atoms with Crippen LogP contribution in [0.15, 0.2) is 18.0 Å². The highest BCUT2D eigenvalue weighted by Crippen LogP contribution is 2.21.